The third-order valence-corrected chi connectivity index (χ3v) is 7.13. The lowest BCUT2D eigenvalue weighted by atomic mass is 10.2. The molecule has 5 nitrogen and oxygen atoms in total. The molecule has 144 valence electrons. The maximum Gasteiger partial charge on any atom is 0.255 e. The summed E-state index contributed by atoms with van der Waals surface area (Å²) in [5.74, 6) is -0.244. The zero-order chi connectivity index (χ0) is 19.6. The number of hydrogen-bond acceptors (Lipinski definition) is 3. The predicted molar refractivity (Wildman–Crippen MR) is 107 cm³/mol. The molecule has 0 aromatic heterocycles. The predicted octanol–water partition coefficient (Wildman–Crippen LogP) is 3.70. The molecule has 0 aliphatic carbocycles. The summed E-state index contributed by atoms with van der Waals surface area (Å²) in [6.07, 6.45) is 0.854. The average Bonchev–Trinajstić information content (AvgIpc) is 2.69. The quantitative estimate of drug-likeness (QED) is 0.748. The molecule has 0 radical (unpaired) electrons. The highest BCUT2D eigenvalue weighted by molar-refractivity contribution is 7.89. The van der Waals surface area contributed by atoms with Crippen LogP contribution in [0.15, 0.2) is 47.4 Å². The molecule has 1 aliphatic heterocycles. The second kappa shape index (κ2) is 8.19. The fourth-order valence-electron chi connectivity index (χ4n) is 3.01. The van der Waals surface area contributed by atoms with Crippen LogP contribution in [0.5, 0.6) is 0 Å². The van der Waals surface area contributed by atoms with Crippen LogP contribution in [0.25, 0.3) is 0 Å². The molecule has 1 amide bonds. The minimum Gasteiger partial charge on any atom is -0.336 e. The summed E-state index contributed by atoms with van der Waals surface area (Å²) in [6.45, 7) is 3.09. The third-order valence-electron chi connectivity index (χ3n) is 4.65. The summed E-state index contributed by atoms with van der Waals surface area (Å²) in [4.78, 5) is 14.6. The Bertz CT molecular complexity index is 938. The lowest BCUT2D eigenvalue weighted by molar-refractivity contribution is 0.0698. The third kappa shape index (κ3) is 4.29. The number of sulfonamides is 1. The van der Waals surface area contributed by atoms with Gasteiger partial charge in [0.1, 0.15) is 0 Å². The summed E-state index contributed by atoms with van der Waals surface area (Å²) >= 11 is 12.1. The van der Waals surface area contributed by atoms with Gasteiger partial charge >= 0.3 is 0 Å². The van der Waals surface area contributed by atoms with Gasteiger partial charge in [0.25, 0.3) is 5.91 Å². The van der Waals surface area contributed by atoms with E-state index in [-0.39, 0.29) is 23.9 Å². The van der Waals surface area contributed by atoms with Crippen LogP contribution < -0.4 is 0 Å². The van der Waals surface area contributed by atoms with Gasteiger partial charge in [0.05, 0.1) is 15.5 Å². The van der Waals surface area contributed by atoms with Crippen LogP contribution in [-0.4, -0.2) is 49.7 Å². The average molecular weight is 427 g/mol. The highest BCUT2D eigenvalue weighted by atomic mass is 35.5. The van der Waals surface area contributed by atoms with Crippen molar-refractivity contribution < 1.29 is 13.2 Å². The van der Waals surface area contributed by atoms with Crippen LogP contribution >= 0.6 is 23.2 Å². The molecule has 0 N–H and O–H groups in total. The van der Waals surface area contributed by atoms with Crippen molar-refractivity contribution in [3.8, 4) is 0 Å². The monoisotopic (exact) mass is 426 g/mol. The van der Waals surface area contributed by atoms with E-state index in [0.29, 0.717) is 28.7 Å². The summed E-state index contributed by atoms with van der Waals surface area (Å²) < 4.78 is 27.0. The second-order valence-corrected chi connectivity index (χ2v) is 9.10. The van der Waals surface area contributed by atoms with Gasteiger partial charge < -0.3 is 4.90 Å². The molecule has 0 unspecified atom stereocenters. The van der Waals surface area contributed by atoms with Crippen molar-refractivity contribution in [3.63, 3.8) is 0 Å². The van der Waals surface area contributed by atoms with Crippen LogP contribution in [0.3, 0.4) is 0 Å². The number of carbonyl (C=O) groups is 1. The van der Waals surface area contributed by atoms with E-state index >= 15 is 0 Å². The van der Waals surface area contributed by atoms with Crippen LogP contribution in [0.4, 0.5) is 0 Å². The summed E-state index contributed by atoms with van der Waals surface area (Å²) in [7, 11) is -3.57. The molecule has 8 heteroatoms. The summed E-state index contributed by atoms with van der Waals surface area (Å²) in [6, 6.07) is 11.7. The van der Waals surface area contributed by atoms with Crippen molar-refractivity contribution >= 4 is 39.1 Å². The van der Waals surface area contributed by atoms with Gasteiger partial charge in [0.15, 0.2) is 0 Å². The topological polar surface area (TPSA) is 57.7 Å². The zero-order valence-corrected chi connectivity index (χ0v) is 17.2. The largest absolute Gasteiger partial charge is 0.336 e. The first kappa shape index (κ1) is 20.1. The van der Waals surface area contributed by atoms with E-state index in [1.165, 1.54) is 10.4 Å². The van der Waals surface area contributed by atoms with Gasteiger partial charge in [-0.1, -0.05) is 42.3 Å². The maximum atomic E-state index is 12.8. The van der Waals surface area contributed by atoms with Gasteiger partial charge in [-0.05, 0) is 42.3 Å². The first-order chi connectivity index (χ1) is 12.8. The Morgan fingerprint density at radius 2 is 1.63 bits per heavy atom. The molecule has 3 rings (SSSR count). The molecular formula is C19H20Cl2N2O3S. The van der Waals surface area contributed by atoms with E-state index in [0.717, 1.165) is 12.0 Å². The van der Waals surface area contributed by atoms with Crippen molar-refractivity contribution in [2.24, 2.45) is 0 Å². The zero-order valence-electron chi connectivity index (χ0n) is 14.9. The maximum absolute atomic E-state index is 12.8. The lowest BCUT2D eigenvalue weighted by Gasteiger charge is -2.34. The van der Waals surface area contributed by atoms with Crippen molar-refractivity contribution in [2.45, 2.75) is 18.2 Å². The number of aryl methyl sites for hydroxylation is 1. The molecular weight excluding hydrogens is 407 g/mol. The molecule has 1 heterocycles. The minimum absolute atomic E-state index is 0.238. The number of benzene rings is 2. The number of piperazine rings is 1. The lowest BCUT2D eigenvalue weighted by Crippen LogP contribution is -2.50. The van der Waals surface area contributed by atoms with Crippen LogP contribution in [-0.2, 0) is 16.4 Å². The highest BCUT2D eigenvalue weighted by Gasteiger charge is 2.31. The van der Waals surface area contributed by atoms with Crippen molar-refractivity contribution in [3.05, 3.63) is 63.6 Å². The van der Waals surface area contributed by atoms with Crippen LogP contribution in [0.1, 0.15) is 22.8 Å². The molecule has 2 aromatic carbocycles. The van der Waals surface area contributed by atoms with Gasteiger partial charge in [0, 0.05) is 31.2 Å². The first-order valence-corrected chi connectivity index (χ1v) is 10.9. The van der Waals surface area contributed by atoms with E-state index in [4.69, 9.17) is 23.2 Å². The number of carbonyl (C=O) groups excluding carboxylic acids is 1. The smallest absolute Gasteiger partial charge is 0.255 e. The number of rotatable bonds is 4. The van der Waals surface area contributed by atoms with Crippen molar-refractivity contribution in [2.75, 3.05) is 26.2 Å². The number of hydrogen-bond donors (Lipinski definition) is 0. The van der Waals surface area contributed by atoms with Crippen LogP contribution in [0.2, 0.25) is 10.0 Å². The van der Waals surface area contributed by atoms with E-state index in [1.807, 2.05) is 19.1 Å². The fraction of sp³-hybridized carbons (Fsp3) is 0.316. The Morgan fingerprint density at radius 1 is 1.00 bits per heavy atom. The standard InChI is InChI=1S/C19H20Cl2N2O3S/c1-2-14-3-6-16(7-4-14)27(25,26)23-11-9-22(10-12-23)19(24)17-13-15(20)5-8-18(17)21/h3-8,13H,2,9-12H2,1H3. The molecule has 1 fully saturated rings. The summed E-state index contributed by atoms with van der Waals surface area (Å²) in [5.41, 5.74) is 1.42. The first-order valence-electron chi connectivity index (χ1n) is 8.66. The SMILES string of the molecule is CCc1ccc(S(=O)(=O)N2CCN(C(=O)c3cc(Cl)ccc3Cl)CC2)cc1. The molecule has 2 aromatic rings. The molecule has 27 heavy (non-hydrogen) atoms. The number of halogens is 2. The van der Waals surface area contributed by atoms with Gasteiger partial charge in [-0.2, -0.15) is 4.31 Å². The van der Waals surface area contributed by atoms with Crippen LogP contribution in [0, 0.1) is 0 Å². The Balaban J connectivity index is 1.70. The van der Waals surface area contributed by atoms with Gasteiger partial charge in [0.2, 0.25) is 10.0 Å². The Kier molecular flexibility index (Phi) is 6.11. The second-order valence-electron chi connectivity index (χ2n) is 6.32. The van der Waals surface area contributed by atoms with E-state index in [2.05, 4.69) is 0 Å². The Hall–Kier alpha value is -1.60. The molecule has 0 spiro atoms. The molecule has 0 atom stereocenters. The van der Waals surface area contributed by atoms with Gasteiger partial charge in [-0.25, -0.2) is 8.42 Å². The van der Waals surface area contributed by atoms with Gasteiger partial charge in [-0.15, -0.1) is 0 Å². The van der Waals surface area contributed by atoms with Crippen molar-refractivity contribution in [1.82, 2.24) is 9.21 Å². The minimum atomic E-state index is -3.57. The fourth-order valence-corrected chi connectivity index (χ4v) is 4.80. The molecule has 0 saturated carbocycles. The Morgan fingerprint density at radius 3 is 2.22 bits per heavy atom. The van der Waals surface area contributed by atoms with E-state index in [1.54, 1.807) is 29.2 Å². The number of amides is 1. The normalized spacial score (nSPS) is 15.7. The number of nitrogens with zero attached hydrogens (tertiary/aromatic N) is 2. The van der Waals surface area contributed by atoms with Crippen molar-refractivity contribution in [1.29, 1.82) is 0 Å². The molecule has 1 saturated heterocycles. The summed E-state index contributed by atoms with van der Waals surface area (Å²) in [5, 5.41) is 0.759. The highest BCUT2D eigenvalue weighted by Crippen LogP contribution is 2.24. The Labute approximate surface area is 169 Å². The molecule has 1 aliphatic rings. The van der Waals surface area contributed by atoms with Gasteiger partial charge in [-0.3, -0.25) is 4.79 Å². The molecule has 0 bridgehead atoms. The van der Waals surface area contributed by atoms with E-state index in [9.17, 15) is 13.2 Å². The van der Waals surface area contributed by atoms with E-state index < -0.39 is 10.0 Å².